The van der Waals surface area contributed by atoms with E-state index in [9.17, 15) is 5.26 Å². The lowest BCUT2D eigenvalue weighted by molar-refractivity contribution is 0.306. The van der Waals surface area contributed by atoms with Crippen molar-refractivity contribution in [2.45, 2.75) is 6.61 Å². The topological polar surface area (TPSA) is 68.7 Å². The van der Waals surface area contributed by atoms with Crippen molar-refractivity contribution in [2.75, 3.05) is 0 Å². The van der Waals surface area contributed by atoms with Crippen molar-refractivity contribution in [3.63, 3.8) is 0 Å². The van der Waals surface area contributed by atoms with Crippen LogP contribution in [0, 0.1) is 11.3 Å². The van der Waals surface area contributed by atoms with Crippen LogP contribution in [0.15, 0.2) is 115 Å². The monoisotopic (exact) mass is 507 g/mol. The molecular formula is C33H25N5O. The van der Waals surface area contributed by atoms with Gasteiger partial charge in [0.05, 0.1) is 22.3 Å². The average molecular weight is 508 g/mol. The quantitative estimate of drug-likeness (QED) is 0.217. The van der Waals surface area contributed by atoms with Crippen LogP contribution in [0.25, 0.3) is 39.6 Å². The Morgan fingerprint density at radius 3 is 2.41 bits per heavy atom. The molecule has 2 heterocycles. The number of aryl methyl sites for hydroxylation is 1. The summed E-state index contributed by atoms with van der Waals surface area (Å²) in [5.41, 5.74) is 6.75. The highest BCUT2D eigenvalue weighted by molar-refractivity contribution is 5.93. The average Bonchev–Trinajstić information content (AvgIpc) is 3.57. The van der Waals surface area contributed by atoms with Crippen molar-refractivity contribution in [1.29, 1.82) is 5.26 Å². The van der Waals surface area contributed by atoms with E-state index in [1.54, 1.807) is 0 Å². The molecule has 0 aliphatic rings. The third kappa shape index (κ3) is 4.94. The molecule has 4 aromatic carbocycles. The van der Waals surface area contributed by atoms with Crippen molar-refractivity contribution in [3.8, 4) is 28.8 Å². The summed E-state index contributed by atoms with van der Waals surface area (Å²) in [6.45, 7) is 0.473. The Morgan fingerprint density at radius 2 is 1.64 bits per heavy atom. The number of allylic oxidation sites excluding steroid dienone is 1. The first kappa shape index (κ1) is 24.0. The Bertz CT molecular complexity index is 1830. The Hall–Kier alpha value is -5.41. The predicted molar refractivity (Wildman–Crippen MR) is 154 cm³/mol. The molecule has 0 unspecified atom stereocenters. The minimum Gasteiger partial charge on any atom is -0.489 e. The first-order valence-corrected chi connectivity index (χ1v) is 12.7. The second-order valence-corrected chi connectivity index (χ2v) is 9.17. The zero-order valence-electron chi connectivity index (χ0n) is 21.4. The number of aromatic nitrogens is 4. The Kier molecular flexibility index (Phi) is 6.46. The lowest BCUT2D eigenvalue weighted by Gasteiger charge is -2.08. The van der Waals surface area contributed by atoms with Gasteiger partial charge in [0.15, 0.2) is 5.82 Å². The van der Waals surface area contributed by atoms with Gasteiger partial charge in [-0.15, -0.1) is 0 Å². The van der Waals surface area contributed by atoms with Gasteiger partial charge in [-0.25, -0.2) is 9.67 Å². The molecule has 0 saturated heterocycles. The zero-order valence-corrected chi connectivity index (χ0v) is 21.4. The fraction of sp³-hybridized carbons (Fsp3) is 0.0606. The van der Waals surface area contributed by atoms with Crippen LogP contribution < -0.4 is 4.74 Å². The lowest BCUT2D eigenvalue weighted by atomic mass is 10.1. The molecule has 0 atom stereocenters. The molecule has 188 valence electrons. The van der Waals surface area contributed by atoms with E-state index >= 15 is 0 Å². The smallest absolute Gasteiger partial charge is 0.151 e. The number of para-hydroxylation sites is 3. The highest BCUT2D eigenvalue weighted by atomic mass is 16.5. The maximum absolute atomic E-state index is 10.2. The maximum atomic E-state index is 10.2. The number of hydrogen-bond donors (Lipinski definition) is 0. The number of rotatable bonds is 7. The molecule has 6 heteroatoms. The summed E-state index contributed by atoms with van der Waals surface area (Å²) < 4.78 is 9.87. The van der Waals surface area contributed by atoms with E-state index in [-0.39, 0.29) is 0 Å². The van der Waals surface area contributed by atoms with E-state index < -0.39 is 0 Å². The molecule has 0 fully saturated rings. The van der Waals surface area contributed by atoms with Crippen molar-refractivity contribution in [1.82, 2.24) is 19.3 Å². The second kappa shape index (κ2) is 10.5. The molecule has 6 nitrogen and oxygen atoms in total. The maximum Gasteiger partial charge on any atom is 0.151 e. The van der Waals surface area contributed by atoms with Crippen LogP contribution in [0.5, 0.6) is 5.75 Å². The Morgan fingerprint density at radius 1 is 0.897 bits per heavy atom. The number of nitrogens with zero attached hydrogens (tertiary/aromatic N) is 5. The first-order valence-electron chi connectivity index (χ1n) is 12.7. The summed E-state index contributed by atoms with van der Waals surface area (Å²) in [6, 6.07) is 38.1. The molecule has 0 saturated carbocycles. The van der Waals surface area contributed by atoms with E-state index in [1.807, 2.05) is 138 Å². The van der Waals surface area contributed by atoms with Gasteiger partial charge in [-0.05, 0) is 48.0 Å². The predicted octanol–water partition coefficient (Wildman–Crippen LogP) is 7.07. The van der Waals surface area contributed by atoms with E-state index in [2.05, 4.69) is 6.07 Å². The van der Waals surface area contributed by atoms with Crippen molar-refractivity contribution < 1.29 is 4.74 Å². The fourth-order valence-corrected chi connectivity index (χ4v) is 4.59. The Labute approximate surface area is 226 Å². The number of hydrogen-bond acceptors (Lipinski definition) is 4. The number of imidazole rings is 1. The summed E-state index contributed by atoms with van der Waals surface area (Å²) in [7, 11) is 1.93. The second-order valence-electron chi connectivity index (χ2n) is 9.17. The molecule has 0 bridgehead atoms. The van der Waals surface area contributed by atoms with Crippen LogP contribution in [0.2, 0.25) is 0 Å². The van der Waals surface area contributed by atoms with Crippen LogP contribution >= 0.6 is 0 Å². The largest absolute Gasteiger partial charge is 0.489 e. The fourth-order valence-electron chi connectivity index (χ4n) is 4.59. The van der Waals surface area contributed by atoms with E-state index in [4.69, 9.17) is 14.8 Å². The molecule has 0 aliphatic heterocycles. The Balaban J connectivity index is 1.43. The van der Waals surface area contributed by atoms with Gasteiger partial charge in [-0.2, -0.15) is 10.4 Å². The van der Waals surface area contributed by atoms with Gasteiger partial charge in [0.25, 0.3) is 0 Å². The molecule has 6 rings (SSSR count). The molecule has 0 aliphatic carbocycles. The molecule has 0 N–H and O–H groups in total. The molecule has 6 aromatic rings. The van der Waals surface area contributed by atoms with Crippen molar-refractivity contribution in [3.05, 3.63) is 132 Å². The summed E-state index contributed by atoms with van der Waals surface area (Å²) in [5, 5.41) is 15.1. The molecule has 0 radical (unpaired) electrons. The van der Waals surface area contributed by atoms with E-state index in [0.29, 0.717) is 18.0 Å². The van der Waals surface area contributed by atoms with E-state index in [0.717, 1.165) is 44.9 Å². The highest BCUT2D eigenvalue weighted by Crippen LogP contribution is 2.30. The van der Waals surface area contributed by atoms with Crippen molar-refractivity contribution in [2.24, 2.45) is 7.05 Å². The van der Waals surface area contributed by atoms with Gasteiger partial charge in [0.1, 0.15) is 24.1 Å². The van der Waals surface area contributed by atoms with Crippen LogP contribution in [-0.4, -0.2) is 19.3 Å². The minimum absolute atomic E-state index is 0.457. The van der Waals surface area contributed by atoms with Gasteiger partial charge in [0.2, 0.25) is 0 Å². The number of ether oxygens (including phenoxy) is 1. The van der Waals surface area contributed by atoms with Crippen LogP contribution in [0.3, 0.4) is 0 Å². The SMILES string of the molecule is Cn1c(/C(C#N)=C\c2cn(-c3ccccc3)nc2-c2cccc(OCc3ccccc3)c2)nc2ccccc21. The van der Waals surface area contributed by atoms with Crippen LogP contribution in [0.1, 0.15) is 17.0 Å². The van der Waals surface area contributed by atoms with Gasteiger partial charge < -0.3 is 9.30 Å². The minimum atomic E-state index is 0.457. The third-order valence-corrected chi connectivity index (χ3v) is 6.57. The normalized spacial score (nSPS) is 11.4. The van der Waals surface area contributed by atoms with Crippen LogP contribution in [0.4, 0.5) is 0 Å². The summed E-state index contributed by atoms with van der Waals surface area (Å²) in [6.07, 6.45) is 3.81. The van der Waals surface area contributed by atoms with E-state index in [1.165, 1.54) is 0 Å². The zero-order chi connectivity index (χ0) is 26.6. The highest BCUT2D eigenvalue weighted by Gasteiger charge is 2.16. The number of fused-ring (bicyclic) bond motifs is 1. The summed E-state index contributed by atoms with van der Waals surface area (Å²) in [5.74, 6) is 1.36. The lowest BCUT2D eigenvalue weighted by Crippen LogP contribution is -1.96. The molecule has 39 heavy (non-hydrogen) atoms. The molecule has 0 spiro atoms. The summed E-state index contributed by atoms with van der Waals surface area (Å²) >= 11 is 0. The van der Waals surface area contributed by atoms with Crippen molar-refractivity contribution >= 4 is 22.7 Å². The molecule has 2 aromatic heterocycles. The van der Waals surface area contributed by atoms with Gasteiger partial charge in [0, 0.05) is 24.4 Å². The number of nitriles is 1. The van der Waals surface area contributed by atoms with Gasteiger partial charge >= 0.3 is 0 Å². The third-order valence-electron chi connectivity index (χ3n) is 6.57. The number of benzene rings is 4. The standard InChI is InChI=1S/C33H25N5O/c1-37-31-18-9-8-17-30(31)35-33(37)26(21-34)19-27-22-38(28-14-6-3-7-15-28)36-32(27)25-13-10-16-29(20-25)39-23-24-11-4-2-5-12-24/h2-20,22H,23H2,1H3/b26-19-. The summed E-state index contributed by atoms with van der Waals surface area (Å²) in [4.78, 5) is 4.74. The first-order chi connectivity index (χ1) is 19.2. The van der Waals surface area contributed by atoms with Crippen LogP contribution in [-0.2, 0) is 13.7 Å². The van der Waals surface area contributed by atoms with Gasteiger partial charge in [-0.1, -0.05) is 72.8 Å². The van der Waals surface area contributed by atoms with Gasteiger partial charge in [-0.3, -0.25) is 0 Å². The molecule has 0 amide bonds. The molecular weight excluding hydrogens is 482 g/mol.